The van der Waals surface area contributed by atoms with E-state index >= 15 is 0 Å². The monoisotopic (exact) mass is 216 g/mol. The Morgan fingerprint density at radius 3 is 1.93 bits per heavy atom. The minimum absolute atomic E-state index is 0.453. The van der Waals surface area contributed by atoms with E-state index in [1.807, 2.05) is 0 Å². The molecule has 82 valence electrons. The summed E-state index contributed by atoms with van der Waals surface area (Å²) in [7, 11) is 2.80. The standard InChI is InChI=1S/C10H20O3Si/c1-10(8-5-6-8)7-9(10)14(11-2,12-3)13-4/h8-9H,5-7H2,1-4H3. The third-order valence-electron chi connectivity index (χ3n) is 4.07. The molecule has 0 aliphatic heterocycles. The van der Waals surface area contributed by atoms with E-state index in [-0.39, 0.29) is 0 Å². The molecule has 2 atom stereocenters. The highest BCUT2D eigenvalue weighted by Gasteiger charge is 2.70. The van der Waals surface area contributed by atoms with Gasteiger partial charge in [0.1, 0.15) is 0 Å². The van der Waals surface area contributed by atoms with E-state index in [2.05, 4.69) is 6.92 Å². The fraction of sp³-hybridized carbons (Fsp3) is 1.00. The molecule has 3 nitrogen and oxygen atoms in total. The molecule has 2 aliphatic carbocycles. The lowest BCUT2D eigenvalue weighted by Gasteiger charge is -2.26. The van der Waals surface area contributed by atoms with Gasteiger partial charge in [-0.25, -0.2) is 0 Å². The van der Waals surface area contributed by atoms with Gasteiger partial charge in [0.15, 0.2) is 0 Å². The summed E-state index contributed by atoms with van der Waals surface area (Å²) in [6, 6.07) is 0. The lowest BCUT2D eigenvalue weighted by atomic mass is 10.0. The molecule has 2 saturated carbocycles. The van der Waals surface area contributed by atoms with E-state index in [1.54, 1.807) is 21.3 Å². The molecule has 0 amide bonds. The van der Waals surface area contributed by atoms with Crippen molar-refractivity contribution >= 4 is 8.80 Å². The smallest absolute Gasteiger partial charge is 0.377 e. The largest absolute Gasteiger partial charge is 0.504 e. The van der Waals surface area contributed by atoms with Crippen molar-refractivity contribution in [1.82, 2.24) is 0 Å². The van der Waals surface area contributed by atoms with Crippen LogP contribution in [0.3, 0.4) is 0 Å². The van der Waals surface area contributed by atoms with Crippen LogP contribution in [0.5, 0.6) is 0 Å². The van der Waals surface area contributed by atoms with Crippen molar-refractivity contribution in [1.29, 1.82) is 0 Å². The molecule has 0 spiro atoms. The molecule has 0 radical (unpaired) electrons. The molecule has 4 heteroatoms. The van der Waals surface area contributed by atoms with Crippen molar-refractivity contribution in [3.8, 4) is 0 Å². The predicted octanol–water partition coefficient (Wildman–Crippen LogP) is 2.05. The van der Waals surface area contributed by atoms with Crippen molar-refractivity contribution in [3.63, 3.8) is 0 Å². The molecule has 2 rings (SSSR count). The Kier molecular flexibility index (Phi) is 2.50. The van der Waals surface area contributed by atoms with Gasteiger partial charge in [0.2, 0.25) is 0 Å². The van der Waals surface area contributed by atoms with Crippen LogP contribution < -0.4 is 0 Å². The van der Waals surface area contributed by atoms with Gasteiger partial charge in [0, 0.05) is 26.9 Å². The van der Waals surface area contributed by atoms with Crippen molar-refractivity contribution in [2.45, 2.75) is 31.7 Å². The second-order valence-electron chi connectivity index (χ2n) is 4.75. The molecular weight excluding hydrogens is 196 g/mol. The molecule has 14 heavy (non-hydrogen) atoms. The maximum Gasteiger partial charge on any atom is 0.504 e. The van der Waals surface area contributed by atoms with Crippen LogP contribution >= 0.6 is 0 Å². The summed E-state index contributed by atoms with van der Waals surface area (Å²) in [6.45, 7) is 2.36. The first-order chi connectivity index (χ1) is 6.63. The van der Waals surface area contributed by atoms with Crippen LogP contribution in [0.4, 0.5) is 0 Å². The van der Waals surface area contributed by atoms with Gasteiger partial charge in [0.25, 0.3) is 0 Å². The van der Waals surface area contributed by atoms with E-state index in [0.717, 1.165) is 5.92 Å². The molecule has 0 aromatic rings. The Hall–Kier alpha value is 0.0969. The third kappa shape index (κ3) is 1.36. The molecule has 0 heterocycles. The molecule has 0 saturated heterocycles. The molecule has 2 fully saturated rings. The zero-order valence-electron chi connectivity index (χ0n) is 9.50. The highest BCUT2D eigenvalue weighted by Crippen LogP contribution is 2.72. The molecule has 0 bridgehead atoms. The summed E-state index contributed by atoms with van der Waals surface area (Å²) in [5.74, 6) is 0.903. The van der Waals surface area contributed by atoms with E-state index in [1.165, 1.54) is 19.3 Å². The summed E-state index contributed by atoms with van der Waals surface area (Å²) in [5, 5.41) is 0. The van der Waals surface area contributed by atoms with Crippen LogP contribution in [0.15, 0.2) is 0 Å². The topological polar surface area (TPSA) is 27.7 Å². The first kappa shape index (κ1) is 10.6. The minimum Gasteiger partial charge on any atom is -0.377 e. The van der Waals surface area contributed by atoms with Crippen molar-refractivity contribution in [2.24, 2.45) is 11.3 Å². The summed E-state index contributed by atoms with van der Waals surface area (Å²) in [5.41, 5.74) is 0.983. The Morgan fingerprint density at radius 2 is 1.57 bits per heavy atom. The zero-order chi connectivity index (χ0) is 10.4. The quantitative estimate of drug-likeness (QED) is 0.658. The molecule has 0 aromatic carbocycles. The Balaban J connectivity index is 2.07. The number of hydrogen-bond donors (Lipinski definition) is 0. The Labute approximate surface area is 87.1 Å². The van der Waals surface area contributed by atoms with Gasteiger partial charge >= 0.3 is 8.80 Å². The van der Waals surface area contributed by atoms with Crippen LogP contribution in [0, 0.1) is 11.3 Å². The maximum atomic E-state index is 5.53. The second kappa shape index (κ2) is 3.30. The van der Waals surface area contributed by atoms with Gasteiger partial charge in [-0.1, -0.05) is 6.92 Å². The van der Waals surface area contributed by atoms with Crippen LogP contribution in [0.1, 0.15) is 26.2 Å². The molecule has 0 N–H and O–H groups in total. The highest BCUT2D eigenvalue weighted by molar-refractivity contribution is 6.63. The Bertz CT molecular complexity index is 217. The lowest BCUT2D eigenvalue weighted by molar-refractivity contribution is 0.116. The minimum atomic E-state index is -2.34. The van der Waals surface area contributed by atoms with Crippen LogP contribution in [-0.2, 0) is 13.3 Å². The van der Waals surface area contributed by atoms with Crippen LogP contribution in [-0.4, -0.2) is 30.1 Å². The molecule has 0 aromatic heterocycles. The van der Waals surface area contributed by atoms with Crippen molar-refractivity contribution < 1.29 is 13.3 Å². The highest BCUT2D eigenvalue weighted by atomic mass is 28.4. The van der Waals surface area contributed by atoms with Gasteiger partial charge in [-0.2, -0.15) is 0 Å². The van der Waals surface area contributed by atoms with E-state index < -0.39 is 8.80 Å². The fourth-order valence-corrected chi connectivity index (χ4v) is 5.87. The first-order valence-corrected chi connectivity index (χ1v) is 7.08. The zero-order valence-corrected chi connectivity index (χ0v) is 10.5. The summed E-state index contributed by atoms with van der Waals surface area (Å²) in [4.78, 5) is 0. The summed E-state index contributed by atoms with van der Waals surface area (Å²) in [6.07, 6.45) is 3.99. The predicted molar refractivity (Wildman–Crippen MR) is 56.0 cm³/mol. The molecule has 2 unspecified atom stereocenters. The van der Waals surface area contributed by atoms with Gasteiger partial charge in [-0.15, -0.1) is 0 Å². The van der Waals surface area contributed by atoms with Crippen LogP contribution in [0.2, 0.25) is 5.54 Å². The lowest BCUT2D eigenvalue weighted by Crippen LogP contribution is -2.45. The summed E-state index contributed by atoms with van der Waals surface area (Å²) >= 11 is 0. The second-order valence-corrected chi connectivity index (χ2v) is 7.88. The van der Waals surface area contributed by atoms with E-state index in [4.69, 9.17) is 13.3 Å². The molecular formula is C10H20O3Si. The van der Waals surface area contributed by atoms with E-state index in [0.29, 0.717) is 11.0 Å². The number of hydrogen-bond acceptors (Lipinski definition) is 3. The van der Waals surface area contributed by atoms with Crippen molar-refractivity contribution in [2.75, 3.05) is 21.3 Å². The van der Waals surface area contributed by atoms with E-state index in [9.17, 15) is 0 Å². The average molecular weight is 216 g/mol. The van der Waals surface area contributed by atoms with Crippen molar-refractivity contribution in [3.05, 3.63) is 0 Å². The molecule has 2 aliphatic rings. The van der Waals surface area contributed by atoms with Gasteiger partial charge in [-0.3, -0.25) is 0 Å². The van der Waals surface area contributed by atoms with Gasteiger partial charge < -0.3 is 13.3 Å². The maximum absolute atomic E-state index is 5.53. The van der Waals surface area contributed by atoms with Gasteiger partial charge in [-0.05, 0) is 30.6 Å². The number of rotatable bonds is 5. The Morgan fingerprint density at radius 1 is 1.07 bits per heavy atom. The fourth-order valence-electron chi connectivity index (χ4n) is 2.78. The first-order valence-electron chi connectivity index (χ1n) is 5.28. The SMILES string of the molecule is CO[Si](OC)(OC)C1CC1(C)C1CC1. The third-order valence-corrected chi connectivity index (χ3v) is 7.49. The summed E-state index contributed by atoms with van der Waals surface area (Å²) < 4.78 is 16.6. The van der Waals surface area contributed by atoms with Crippen LogP contribution in [0.25, 0.3) is 0 Å². The average Bonchev–Trinajstić information content (AvgIpc) is 3.04. The van der Waals surface area contributed by atoms with Gasteiger partial charge in [0.05, 0.1) is 0 Å². The normalized spacial score (nSPS) is 37.3.